The Hall–Kier alpha value is -2.44. The molecule has 2 aliphatic rings. The lowest BCUT2D eigenvalue weighted by Crippen LogP contribution is -2.44. The molecule has 7 nitrogen and oxygen atoms in total. The van der Waals surface area contributed by atoms with Crippen LogP contribution in [0.25, 0.3) is 0 Å². The quantitative estimate of drug-likeness (QED) is 0.550. The third kappa shape index (κ3) is 5.80. The van der Waals surface area contributed by atoms with Crippen LogP contribution in [0.2, 0.25) is 0 Å². The highest BCUT2D eigenvalue weighted by Gasteiger charge is 2.44. The van der Waals surface area contributed by atoms with E-state index in [4.69, 9.17) is 14.5 Å². The molecule has 1 heterocycles. The van der Waals surface area contributed by atoms with Crippen molar-refractivity contribution < 1.29 is 14.3 Å². The van der Waals surface area contributed by atoms with Crippen LogP contribution < -0.4 is 15.4 Å². The van der Waals surface area contributed by atoms with Crippen LogP contribution in [0, 0.1) is 0 Å². The highest BCUT2D eigenvalue weighted by molar-refractivity contribution is 5.80. The smallest absolute Gasteiger partial charge is 0.407 e. The molecule has 0 bridgehead atoms. The lowest BCUT2D eigenvalue weighted by Gasteiger charge is -2.24. The Bertz CT molecular complexity index is 751. The first-order valence-electron chi connectivity index (χ1n) is 10.9. The number of amides is 1. The van der Waals surface area contributed by atoms with Crippen molar-refractivity contribution in [3.63, 3.8) is 0 Å². The Morgan fingerprint density at radius 3 is 2.53 bits per heavy atom. The molecule has 1 aromatic rings. The second kappa shape index (κ2) is 9.14. The van der Waals surface area contributed by atoms with Crippen molar-refractivity contribution >= 4 is 12.1 Å². The predicted octanol–water partition coefficient (Wildman–Crippen LogP) is 3.29. The number of rotatable bonds is 6. The summed E-state index contributed by atoms with van der Waals surface area (Å²) in [6.45, 7) is 10.9. The van der Waals surface area contributed by atoms with Gasteiger partial charge in [-0.15, -0.1) is 0 Å². The summed E-state index contributed by atoms with van der Waals surface area (Å²) in [6.07, 6.45) is 2.84. The SMILES string of the molecule is CCNC(=NCC1(c2ccc(OC)cc2)CC1)N1CC[C@@H](NC(=O)OC(C)(C)C)C1. The topological polar surface area (TPSA) is 75.2 Å². The highest BCUT2D eigenvalue weighted by Crippen LogP contribution is 2.48. The molecule has 0 spiro atoms. The van der Waals surface area contributed by atoms with E-state index < -0.39 is 5.60 Å². The minimum Gasteiger partial charge on any atom is -0.497 e. The van der Waals surface area contributed by atoms with Gasteiger partial charge in [0.1, 0.15) is 11.4 Å². The summed E-state index contributed by atoms with van der Waals surface area (Å²) in [5, 5.41) is 6.40. The first kappa shape index (κ1) is 22.2. The molecule has 1 amide bonds. The van der Waals surface area contributed by atoms with Crippen LogP contribution in [0.3, 0.4) is 0 Å². The van der Waals surface area contributed by atoms with Crippen molar-refractivity contribution in [2.75, 3.05) is 33.3 Å². The summed E-state index contributed by atoms with van der Waals surface area (Å²) in [6, 6.07) is 8.44. The molecule has 7 heteroatoms. The van der Waals surface area contributed by atoms with Gasteiger partial charge < -0.3 is 25.0 Å². The van der Waals surface area contributed by atoms with Gasteiger partial charge in [-0.1, -0.05) is 12.1 Å². The van der Waals surface area contributed by atoms with Gasteiger partial charge in [-0.05, 0) is 64.7 Å². The fourth-order valence-electron chi connectivity index (χ4n) is 3.83. The number of likely N-dealkylation sites (tertiary alicyclic amines) is 1. The molecule has 166 valence electrons. The maximum absolute atomic E-state index is 12.1. The number of alkyl carbamates (subject to hydrolysis) is 1. The fourth-order valence-corrected chi connectivity index (χ4v) is 3.83. The van der Waals surface area contributed by atoms with Crippen LogP contribution in [0.4, 0.5) is 4.79 Å². The summed E-state index contributed by atoms with van der Waals surface area (Å²) >= 11 is 0. The van der Waals surface area contributed by atoms with Gasteiger partial charge in [-0.3, -0.25) is 4.99 Å². The Morgan fingerprint density at radius 1 is 1.27 bits per heavy atom. The number of hydrogen-bond acceptors (Lipinski definition) is 4. The zero-order valence-electron chi connectivity index (χ0n) is 19.0. The summed E-state index contributed by atoms with van der Waals surface area (Å²) in [5.41, 5.74) is 0.980. The number of methoxy groups -OCH3 is 1. The number of carbonyl (C=O) groups is 1. The molecule has 30 heavy (non-hydrogen) atoms. The van der Waals surface area contributed by atoms with Crippen LogP contribution in [0.15, 0.2) is 29.3 Å². The average molecular weight is 417 g/mol. The zero-order valence-corrected chi connectivity index (χ0v) is 19.0. The second-order valence-electron chi connectivity index (χ2n) is 9.26. The lowest BCUT2D eigenvalue weighted by molar-refractivity contribution is 0.0507. The molecule has 0 radical (unpaired) electrons. The molecule has 1 aliphatic carbocycles. The van der Waals surface area contributed by atoms with Crippen LogP contribution >= 0.6 is 0 Å². The average Bonchev–Trinajstić information content (AvgIpc) is 3.35. The minimum absolute atomic E-state index is 0.0696. The van der Waals surface area contributed by atoms with Gasteiger partial charge in [0.2, 0.25) is 0 Å². The number of ether oxygens (including phenoxy) is 2. The van der Waals surface area contributed by atoms with E-state index >= 15 is 0 Å². The number of nitrogens with zero attached hydrogens (tertiary/aromatic N) is 2. The van der Waals surface area contributed by atoms with Crippen LogP contribution in [-0.2, 0) is 10.2 Å². The molecule has 1 saturated carbocycles. The minimum atomic E-state index is -0.487. The van der Waals surface area contributed by atoms with Gasteiger partial charge in [-0.25, -0.2) is 4.79 Å². The van der Waals surface area contributed by atoms with Crippen molar-refractivity contribution in [2.24, 2.45) is 4.99 Å². The second-order valence-corrected chi connectivity index (χ2v) is 9.26. The van der Waals surface area contributed by atoms with Crippen LogP contribution in [0.1, 0.15) is 52.5 Å². The Balaban J connectivity index is 1.60. The molecule has 1 aliphatic heterocycles. The number of nitrogens with one attached hydrogen (secondary N) is 2. The van der Waals surface area contributed by atoms with Crippen molar-refractivity contribution in [3.8, 4) is 5.75 Å². The monoisotopic (exact) mass is 416 g/mol. The molecule has 1 atom stereocenters. The molecule has 2 N–H and O–H groups in total. The Labute approximate surface area is 180 Å². The Kier molecular flexibility index (Phi) is 6.78. The van der Waals surface area contributed by atoms with Gasteiger partial charge >= 0.3 is 6.09 Å². The number of hydrogen-bond donors (Lipinski definition) is 2. The van der Waals surface area contributed by atoms with Crippen molar-refractivity contribution in [1.82, 2.24) is 15.5 Å². The van der Waals surface area contributed by atoms with E-state index in [9.17, 15) is 4.79 Å². The normalized spacial score (nSPS) is 20.6. The molecule has 2 fully saturated rings. The number of benzene rings is 1. The third-order valence-electron chi connectivity index (χ3n) is 5.63. The fraction of sp³-hybridized carbons (Fsp3) is 0.652. The summed E-state index contributed by atoms with van der Waals surface area (Å²) in [5.74, 6) is 1.80. The number of carbonyl (C=O) groups excluding carboxylic acids is 1. The lowest BCUT2D eigenvalue weighted by atomic mass is 9.96. The standard InChI is InChI=1S/C23H36N4O3/c1-6-24-20(27-14-11-18(15-27)26-21(28)30-22(2,3)4)25-16-23(12-13-23)17-7-9-19(29-5)10-8-17/h7-10,18H,6,11-16H2,1-5H3,(H,24,25)(H,26,28)/t18-/m1/s1. The first-order valence-corrected chi connectivity index (χ1v) is 10.9. The van der Waals surface area contributed by atoms with E-state index in [-0.39, 0.29) is 17.6 Å². The van der Waals surface area contributed by atoms with E-state index in [2.05, 4.69) is 34.6 Å². The molecular weight excluding hydrogens is 380 g/mol. The van der Waals surface area contributed by atoms with Gasteiger partial charge in [-0.2, -0.15) is 0 Å². The molecule has 0 aromatic heterocycles. The molecule has 1 aromatic carbocycles. The number of aliphatic imine (C=N–C) groups is 1. The van der Waals surface area contributed by atoms with E-state index in [1.54, 1.807) is 7.11 Å². The van der Waals surface area contributed by atoms with Gasteiger partial charge in [0.15, 0.2) is 5.96 Å². The van der Waals surface area contributed by atoms with Crippen molar-refractivity contribution in [3.05, 3.63) is 29.8 Å². The summed E-state index contributed by atoms with van der Waals surface area (Å²) in [7, 11) is 1.69. The first-order chi connectivity index (χ1) is 14.2. The highest BCUT2D eigenvalue weighted by atomic mass is 16.6. The Morgan fingerprint density at radius 2 is 1.97 bits per heavy atom. The van der Waals surface area contributed by atoms with E-state index in [1.807, 2.05) is 32.9 Å². The molecule has 3 rings (SSSR count). The summed E-state index contributed by atoms with van der Waals surface area (Å²) < 4.78 is 10.7. The summed E-state index contributed by atoms with van der Waals surface area (Å²) in [4.78, 5) is 19.3. The van der Waals surface area contributed by atoms with Crippen molar-refractivity contribution in [2.45, 2.75) is 64.0 Å². The van der Waals surface area contributed by atoms with Gasteiger partial charge in [0.05, 0.1) is 19.7 Å². The van der Waals surface area contributed by atoms with Crippen LogP contribution in [0.5, 0.6) is 5.75 Å². The zero-order chi connectivity index (χ0) is 21.8. The third-order valence-corrected chi connectivity index (χ3v) is 5.63. The maximum Gasteiger partial charge on any atom is 0.407 e. The van der Waals surface area contributed by atoms with E-state index in [0.29, 0.717) is 0 Å². The maximum atomic E-state index is 12.1. The van der Waals surface area contributed by atoms with Gasteiger partial charge in [0.25, 0.3) is 0 Å². The molecule has 0 unspecified atom stereocenters. The van der Waals surface area contributed by atoms with Crippen LogP contribution in [-0.4, -0.2) is 61.9 Å². The molecular formula is C23H36N4O3. The van der Waals surface area contributed by atoms with E-state index in [0.717, 1.165) is 57.2 Å². The van der Waals surface area contributed by atoms with E-state index in [1.165, 1.54) is 5.56 Å². The van der Waals surface area contributed by atoms with Crippen molar-refractivity contribution in [1.29, 1.82) is 0 Å². The molecule has 1 saturated heterocycles. The number of guanidine groups is 1. The largest absolute Gasteiger partial charge is 0.497 e. The van der Waals surface area contributed by atoms with Gasteiger partial charge in [0, 0.05) is 25.0 Å². The predicted molar refractivity (Wildman–Crippen MR) is 119 cm³/mol.